The molecule has 2 aromatic rings. The maximum atomic E-state index is 13.2. The Hall–Kier alpha value is -4.25. The van der Waals surface area contributed by atoms with Gasteiger partial charge in [-0.3, -0.25) is 23.6 Å². The fourth-order valence-electron chi connectivity index (χ4n) is 3.69. The summed E-state index contributed by atoms with van der Waals surface area (Å²) in [5, 5.41) is 34.7. The van der Waals surface area contributed by atoms with Gasteiger partial charge in [0.15, 0.2) is 10.8 Å². The number of carbonyl (C=O) groups is 4. The van der Waals surface area contributed by atoms with Crippen LogP contribution in [0, 0.1) is 0 Å². The molecule has 2 aliphatic rings. The summed E-state index contributed by atoms with van der Waals surface area (Å²) in [5.41, 5.74) is 9.52. The number of β-lactam (4-membered cyclic amide) rings is 1. The molecule has 1 saturated carbocycles. The average molecular weight is 633 g/mol. The summed E-state index contributed by atoms with van der Waals surface area (Å²) >= 11 is 0.978. The molecule has 0 bridgehead atoms. The lowest BCUT2D eigenvalue weighted by molar-refractivity contribution is -0.153. The Labute approximate surface area is 241 Å². The lowest BCUT2D eigenvalue weighted by Crippen LogP contribution is -2.73. The van der Waals surface area contributed by atoms with Crippen LogP contribution in [0.15, 0.2) is 16.7 Å². The minimum absolute atomic E-state index is 0.0470. The van der Waals surface area contributed by atoms with Crippen LogP contribution in [0.5, 0.6) is 0 Å². The molecule has 4 rings (SSSR count). The van der Waals surface area contributed by atoms with Crippen molar-refractivity contribution in [3.8, 4) is 0 Å². The fourth-order valence-corrected chi connectivity index (χ4v) is 5.11. The van der Waals surface area contributed by atoms with Crippen molar-refractivity contribution in [2.45, 2.75) is 50.0 Å². The van der Waals surface area contributed by atoms with Crippen LogP contribution < -0.4 is 22.1 Å². The fraction of sp³-hybridized carbons (Fsp3) is 0.500. The number of nitrogens with two attached hydrogens (primary N) is 2. The monoisotopic (exact) mass is 632 g/mol. The second-order valence-corrected chi connectivity index (χ2v) is 11.1. The number of nitrogens with one attached hydrogen (secondary N) is 2. The van der Waals surface area contributed by atoms with Crippen molar-refractivity contribution < 1.29 is 47.2 Å². The molecule has 42 heavy (non-hydrogen) atoms. The minimum Gasteiger partial charge on any atom is -0.483 e. The van der Waals surface area contributed by atoms with E-state index in [9.17, 15) is 32.5 Å². The van der Waals surface area contributed by atoms with Gasteiger partial charge in [0, 0.05) is 31.0 Å². The molecule has 0 aromatic carbocycles. The van der Waals surface area contributed by atoms with Crippen LogP contribution in [0.1, 0.15) is 30.7 Å². The van der Waals surface area contributed by atoms with Gasteiger partial charge in [-0.25, -0.2) is 14.1 Å². The molecule has 230 valence electrons. The first kappa shape index (κ1) is 32.3. The zero-order chi connectivity index (χ0) is 31.1. The van der Waals surface area contributed by atoms with E-state index in [0.29, 0.717) is 25.3 Å². The average Bonchev–Trinajstić information content (AvgIpc) is 3.39. The van der Waals surface area contributed by atoms with E-state index >= 15 is 0 Å². The van der Waals surface area contributed by atoms with E-state index in [2.05, 4.69) is 31.1 Å². The van der Waals surface area contributed by atoms with Crippen molar-refractivity contribution in [2.75, 3.05) is 18.8 Å². The number of carboxylic acid groups (broad SMARTS) is 2. The SMILES string of the molecule is NCCCNCc1cn(C[C@@H]2[C@H](NC(=O)/C(=N/OC3(C(=O)O)CC3)c3csc(N)n3)C(=O)N2S(=O)(=O)O)nn1.O=CO. The van der Waals surface area contributed by atoms with E-state index in [1.54, 1.807) is 0 Å². The third-order valence-electron chi connectivity index (χ3n) is 5.91. The third kappa shape index (κ3) is 7.73. The summed E-state index contributed by atoms with van der Waals surface area (Å²) in [5.74, 6) is -3.38. The van der Waals surface area contributed by atoms with E-state index in [0.717, 1.165) is 17.8 Å². The second kappa shape index (κ2) is 13.6. The number of aliphatic carboxylic acids is 1. The van der Waals surface area contributed by atoms with Crippen LogP contribution in [0.3, 0.4) is 0 Å². The molecule has 9 N–H and O–H groups in total. The number of carbonyl (C=O) groups excluding carboxylic acids is 2. The molecule has 0 radical (unpaired) electrons. The Morgan fingerprint density at radius 1 is 1.36 bits per heavy atom. The number of thiazole rings is 1. The Bertz CT molecular complexity index is 1440. The smallest absolute Gasteiger partial charge is 0.362 e. The lowest BCUT2D eigenvalue weighted by atomic mass is 9.98. The molecule has 1 aliphatic carbocycles. The van der Waals surface area contributed by atoms with Gasteiger partial charge in [-0.15, -0.1) is 16.4 Å². The van der Waals surface area contributed by atoms with Crippen LogP contribution >= 0.6 is 11.3 Å². The molecule has 2 fully saturated rings. The summed E-state index contributed by atoms with van der Waals surface area (Å²) in [6, 6.07) is -2.70. The standard InChI is InChI=1S/C19H26N10O8S2.CH2O2/c20-4-1-5-22-6-10-7-28(27-25-10)8-12-14(16(31)29(12)39(34,35)36)24-15(30)13(11-9-38-18(21)23-11)26-37-19(2-3-19)17(32)33;2-1-3/h7,9,12,14,22H,1-6,8,20H2,(H2,21,23)(H,24,30)(H,32,33)(H,34,35,36);1H,(H,2,3)/b26-13+;/t12-,14+;/m1./s1. The summed E-state index contributed by atoms with van der Waals surface area (Å²) in [6.45, 7) is 1.03. The highest BCUT2D eigenvalue weighted by Gasteiger charge is 2.56. The minimum atomic E-state index is -4.97. The van der Waals surface area contributed by atoms with Gasteiger partial charge in [-0.1, -0.05) is 10.4 Å². The van der Waals surface area contributed by atoms with E-state index in [1.807, 2.05) is 0 Å². The van der Waals surface area contributed by atoms with Crippen molar-refractivity contribution in [2.24, 2.45) is 10.9 Å². The van der Waals surface area contributed by atoms with Crippen LogP contribution in [0.25, 0.3) is 0 Å². The predicted octanol–water partition coefficient (Wildman–Crippen LogP) is -3.01. The summed E-state index contributed by atoms with van der Waals surface area (Å²) < 4.78 is 34.8. The van der Waals surface area contributed by atoms with E-state index in [-0.39, 0.29) is 41.0 Å². The van der Waals surface area contributed by atoms with Gasteiger partial charge in [0.1, 0.15) is 11.7 Å². The third-order valence-corrected chi connectivity index (χ3v) is 7.54. The topological polar surface area (TPSA) is 308 Å². The van der Waals surface area contributed by atoms with Gasteiger partial charge in [0.25, 0.3) is 18.3 Å². The summed E-state index contributed by atoms with van der Waals surface area (Å²) in [7, 11) is -4.97. The Balaban J connectivity index is 0.00000155. The number of nitrogens with zero attached hydrogens (tertiary/aromatic N) is 6. The number of oxime groups is 1. The molecule has 2 aromatic heterocycles. The number of rotatable bonds is 14. The summed E-state index contributed by atoms with van der Waals surface area (Å²) in [4.78, 5) is 54.7. The zero-order valence-electron chi connectivity index (χ0n) is 21.7. The molecule has 20 nitrogen and oxygen atoms in total. The van der Waals surface area contributed by atoms with Crippen molar-refractivity contribution in [3.63, 3.8) is 0 Å². The van der Waals surface area contributed by atoms with Crippen LogP contribution in [-0.4, -0.2) is 108 Å². The first-order valence-electron chi connectivity index (χ1n) is 12.1. The quantitative estimate of drug-likeness (QED) is 0.0272. The lowest BCUT2D eigenvalue weighted by Gasteiger charge is -2.43. The van der Waals surface area contributed by atoms with Crippen LogP contribution in [-0.2, 0) is 47.4 Å². The normalized spacial score (nSPS) is 19.2. The number of carboxylic acids is 1. The second-order valence-electron chi connectivity index (χ2n) is 8.89. The zero-order valence-corrected chi connectivity index (χ0v) is 23.3. The van der Waals surface area contributed by atoms with Crippen molar-refractivity contribution in [1.82, 2.24) is 34.9 Å². The Morgan fingerprint density at radius 3 is 2.60 bits per heavy atom. The molecular weight excluding hydrogens is 604 g/mol. The van der Waals surface area contributed by atoms with Gasteiger partial charge in [-0.2, -0.15) is 8.42 Å². The first-order chi connectivity index (χ1) is 19.9. The first-order valence-corrected chi connectivity index (χ1v) is 14.3. The van der Waals surface area contributed by atoms with Crippen LogP contribution in [0.4, 0.5) is 5.13 Å². The number of amides is 2. The van der Waals surface area contributed by atoms with Gasteiger partial charge in [-0.05, 0) is 19.5 Å². The largest absolute Gasteiger partial charge is 0.483 e. The molecular formula is C20H28N10O10S2. The number of anilines is 1. The maximum Gasteiger partial charge on any atom is 0.362 e. The van der Waals surface area contributed by atoms with E-state index in [1.165, 1.54) is 16.3 Å². The molecule has 1 aliphatic heterocycles. The highest BCUT2D eigenvalue weighted by Crippen LogP contribution is 2.40. The number of hydrogen-bond acceptors (Lipinski definition) is 15. The van der Waals surface area contributed by atoms with E-state index in [4.69, 9.17) is 26.2 Å². The molecule has 3 heterocycles. The van der Waals surface area contributed by atoms with E-state index < -0.39 is 51.5 Å². The predicted molar refractivity (Wildman–Crippen MR) is 142 cm³/mol. The Kier molecular flexibility index (Phi) is 10.5. The number of hydrogen-bond donors (Lipinski definition) is 7. The van der Waals surface area contributed by atoms with Crippen molar-refractivity contribution in [3.05, 3.63) is 23.0 Å². The van der Waals surface area contributed by atoms with Gasteiger partial charge < -0.3 is 37.2 Å². The Morgan fingerprint density at radius 2 is 2.05 bits per heavy atom. The highest BCUT2D eigenvalue weighted by molar-refractivity contribution is 7.84. The number of nitrogen functional groups attached to an aromatic ring is 1. The molecule has 0 unspecified atom stereocenters. The van der Waals surface area contributed by atoms with Crippen molar-refractivity contribution in [1.29, 1.82) is 0 Å². The highest BCUT2D eigenvalue weighted by atomic mass is 32.2. The number of aromatic nitrogens is 4. The molecule has 0 spiro atoms. The maximum absolute atomic E-state index is 13.2. The summed E-state index contributed by atoms with van der Waals surface area (Å²) in [6.07, 6.45) is 2.62. The van der Waals surface area contributed by atoms with Gasteiger partial charge in [0.2, 0.25) is 5.60 Å². The molecule has 22 heteroatoms. The van der Waals surface area contributed by atoms with Gasteiger partial charge in [0.05, 0.1) is 18.3 Å². The molecule has 2 amide bonds. The molecule has 1 saturated heterocycles. The molecule has 2 atom stereocenters. The van der Waals surface area contributed by atoms with Crippen LogP contribution in [0.2, 0.25) is 0 Å². The van der Waals surface area contributed by atoms with Gasteiger partial charge >= 0.3 is 16.3 Å². The van der Waals surface area contributed by atoms with Crippen molar-refractivity contribution >= 4 is 56.7 Å².